The monoisotopic (exact) mass is 439 g/mol. The number of amides is 1. The normalized spacial score (nSPS) is 11.6. The summed E-state index contributed by atoms with van der Waals surface area (Å²) in [6, 6.07) is 9.48. The van der Waals surface area contributed by atoms with Gasteiger partial charge in [-0.2, -0.15) is 13.2 Å². The zero-order valence-corrected chi connectivity index (χ0v) is 15.3. The molecule has 0 unspecified atom stereocenters. The summed E-state index contributed by atoms with van der Waals surface area (Å²) >= 11 is 3.29. The lowest BCUT2D eigenvalue weighted by Gasteiger charge is -2.10. The molecule has 9 heteroatoms. The Hall–Kier alpha value is -2.68. The third-order valence-electron chi connectivity index (χ3n) is 3.84. The van der Waals surface area contributed by atoms with Gasteiger partial charge in [-0.15, -0.1) is 0 Å². The Kier molecular flexibility index (Phi) is 5.31. The van der Waals surface area contributed by atoms with Gasteiger partial charge in [-0.05, 0) is 36.4 Å². The summed E-state index contributed by atoms with van der Waals surface area (Å²) in [6.45, 7) is 0.0546. The first-order valence-electron chi connectivity index (χ1n) is 7.86. The highest BCUT2D eigenvalue weighted by molar-refractivity contribution is 9.10. The maximum absolute atomic E-state index is 12.7. The van der Waals surface area contributed by atoms with E-state index in [0.717, 1.165) is 16.6 Å². The number of alkyl halides is 3. The van der Waals surface area contributed by atoms with E-state index in [1.165, 1.54) is 23.0 Å². The largest absolute Gasteiger partial charge is 0.416 e. The second-order valence-corrected chi connectivity index (χ2v) is 6.70. The smallest absolute Gasteiger partial charge is 0.326 e. The lowest BCUT2D eigenvalue weighted by molar-refractivity contribution is -0.137. The number of benzene rings is 2. The van der Waals surface area contributed by atoms with Gasteiger partial charge in [-0.25, -0.2) is 4.98 Å². The maximum atomic E-state index is 12.7. The minimum atomic E-state index is -4.49. The molecule has 0 fully saturated rings. The molecule has 140 valence electrons. The topological polar surface area (TPSA) is 64.0 Å². The van der Waals surface area contributed by atoms with Crippen molar-refractivity contribution in [3.63, 3.8) is 0 Å². The average molecular weight is 440 g/mol. The number of aryl methyl sites for hydroxylation is 1. The van der Waals surface area contributed by atoms with Crippen LogP contribution < -0.4 is 10.9 Å². The second kappa shape index (κ2) is 7.51. The fourth-order valence-electron chi connectivity index (χ4n) is 2.51. The van der Waals surface area contributed by atoms with E-state index >= 15 is 0 Å². The minimum absolute atomic E-state index is 0.0442. The Balaban J connectivity index is 1.70. The molecular formula is C18H13BrF3N3O2. The number of halogens is 4. The molecule has 3 aromatic rings. The molecule has 1 heterocycles. The van der Waals surface area contributed by atoms with Crippen molar-refractivity contribution in [1.82, 2.24) is 9.55 Å². The number of nitrogens with one attached hydrogen (secondary N) is 1. The molecule has 0 radical (unpaired) electrons. The van der Waals surface area contributed by atoms with Crippen LogP contribution in [0.2, 0.25) is 0 Å². The highest BCUT2D eigenvalue weighted by Crippen LogP contribution is 2.30. The van der Waals surface area contributed by atoms with Crippen molar-refractivity contribution in [3.8, 4) is 0 Å². The molecule has 1 amide bonds. The number of fused-ring (bicyclic) bond motifs is 1. The lowest BCUT2D eigenvalue weighted by atomic mass is 10.2. The van der Waals surface area contributed by atoms with Gasteiger partial charge in [0.2, 0.25) is 5.91 Å². The summed E-state index contributed by atoms with van der Waals surface area (Å²) in [7, 11) is 0. The van der Waals surface area contributed by atoms with Crippen LogP contribution in [0, 0.1) is 0 Å². The summed E-state index contributed by atoms with van der Waals surface area (Å²) in [4.78, 5) is 28.7. The standard InChI is InChI=1S/C18H13BrF3N3O2/c19-12-4-5-15-14(9-12)17(27)25(10-23-15)7-6-16(26)24-13-3-1-2-11(8-13)18(20,21)22/h1-5,8-10H,6-7H2,(H,24,26). The van der Waals surface area contributed by atoms with Gasteiger partial charge in [0.25, 0.3) is 5.56 Å². The summed E-state index contributed by atoms with van der Waals surface area (Å²) in [5.41, 5.74) is -0.565. The SMILES string of the molecule is O=C(CCn1cnc2ccc(Br)cc2c1=O)Nc1cccc(C(F)(F)F)c1. The molecule has 27 heavy (non-hydrogen) atoms. The number of carbonyl (C=O) groups is 1. The summed E-state index contributed by atoms with van der Waals surface area (Å²) < 4.78 is 40.2. The van der Waals surface area contributed by atoms with Gasteiger partial charge in [-0.3, -0.25) is 14.2 Å². The number of rotatable bonds is 4. The van der Waals surface area contributed by atoms with Crippen LogP contribution in [0.4, 0.5) is 18.9 Å². The van der Waals surface area contributed by atoms with Crippen LogP contribution in [0.3, 0.4) is 0 Å². The van der Waals surface area contributed by atoms with E-state index in [9.17, 15) is 22.8 Å². The first kappa shape index (κ1) is 19.1. The van der Waals surface area contributed by atoms with Gasteiger partial charge in [-0.1, -0.05) is 22.0 Å². The summed E-state index contributed by atoms with van der Waals surface area (Å²) in [5.74, 6) is -0.504. The molecule has 0 atom stereocenters. The zero-order chi connectivity index (χ0) is 19.6. The van der Waals surface area contributed by atoms with Crippen molar-refractivity contribution >= 4 is 38.4 Å². The number of hydrogen-bond donors (Lipinski definition) is 1. The Morgan fingerprint density at radius 1 is 1.19 bits per heavy atom. The Labute approximate surface area is 160 Å². The Morgan fingerprint density at radius 3 is 2.70 bits per heavy atom. The first-order valence-corrected chi connectivity index (χ1v) is 8.65. The lowest BCUT2D eigenvalue weighted by Crippen LogP contribution is -2.23. The first-order chi connectivity index (χ1) is 12.7. The summed E-state index contributed by atoms with van der Waals surface area (Å²) in [6.07, 6.45) is -3.23. The molecule has 0 aliphatic carbocycles. The van der Waals surface area contributed by atoms with E-state index in [-0.39, 0.29) is 24.2 Å². The van der Waals surface area contributed by atoms with Crippen LogP contribution in [0.1, 0.15) is 12.0 Å². The fourth-order valence-corrected chi connectivity index (χ4v) is 2.87. The maximum Gasteiger partial charge on any atom is 0.416 e. The van der Waals surface area contributed by atoms with Crippen molar-refractivity contribution < 1.29 is 18.0 Å². The van der Waals surface area contributed by atoms with Gasteiger partial charge in [0, 0.05) is 23.1 Å². The molecule has 3 rings (SSSR count). The number of anilines is 1. The van der Waals surface area contributed by atoms with E-state index < -0.39 is 17.6 Å². The van der Waals surface area contributed by atoms with E-state index in [2.05, 4.69) is 26.2 Å². The Morgan fingerprint density at radius 2 is 1.96 bits per heavy atom. The molecule has 0 saturated carbocycles. The van der Waals surface area contributed by atoms with Gasteiger partial charge in [0.1, 0.15) is 0 Å². The molecule has 2 aromatic carbocycles. The van der Waals surface area contributed by atoms with Crippen LogP contribution in [0.15, 0.2) is 58.1 Å². The van der Waals surface area contributed by atoms with E-state index in [1.807, 2.05) is 0 Å². The van der Waals surface area contributed by atoms with Crippen molar-refractivity contribution in [1.29, 1.82) is 0 Å². The number of nitrogens with zero attached hydrogens (tertiary/aromatic N) is 2. The fraction of sp³-hybridized carbons (Fsp3) is 0.167. The molecule has 5 nitrogen and oxygen atoms in total. The molecule has 0 saturated heterocycles. The molecule has 0 spiro atoms. The predicted octanol–water partition coefficient (Wildman–Crippen LogP) is 4.21. The average Bonchev–Trinajstić information content (AvgIpc) is 2.61. The van der Waals surface area contributed by atoms with Crippen LogP contribution in [-0.2, 0) is 17.5 Å². The molecule has 1 aromatic heterocycles. The zero-order valence-electron chi connectivity index (χ0n) is 13.8. The van der Waals surface area contributed by atoms with Crippen LogP contribution >= 0.6 is 15.9 Å². The van der Waals surface area contributed by atoms with Crippen LogP contribution in [-0.4, -0.2) is 15.5 Å². The Bertz CT molecular complexity index is 1060. The van der Waals surface area contributed by atoms with Gasteiger partial charge < -0.3 is 5.32 Å². The van der Waals surface area contributed by atoms with Crippen LogP contribution in [0.5, 0.6) is 0 Å². The molecule has 1 N–H and O–H groups in total. The van der Waals surface area contributed by atoms with Gasteiger partial charge in [0.15, 0.2) is 0 Å². The highest BCUT2D eigenvalue weighted by Gasteiger charge is 2.30. The van der Waals surface area contributed by atoms with E-state index in [0.29, 0.717) is 10.9 Å². The van der Waals surface area contributed by atoms with Crippen LogP contribution in [0.25, 0.3) is 10.9 Å². The van der Waals surface area contributed by atoms with Crippen molar-refractivity contribution in [3.05, 3.63) is 69.2 Å². The molecule has 0 aliphatic rings. The highest BCUT2D eigenvalue weighted by atomic mass is 79.9. The van der Waals surface area contributed by atoms with E-state index in [1.54, 1.807) is 18.2 Å². The van der Waals surface area contributed by atoms with E-state index in [4.69, 9.17) is 0 Å². The van der Waals surface area contributed by atoms with Crippen molar-refractivity contribution in [2.45, 2.75) is 19.1 Å². The summed E-state index contributed by atoms with van der Waals surface area (Å²) in [5, 5.41) is 2.82. The number of carbonyl (C=O) groups excluding carboxylic acids is 1. The molecule has 0 aliphatic heterocycles. The second-order valence-electron chi connectivity index (χ2n) is 5.78. The quantitative estimate of drug-likeness (QED) is 0.662. The minimum Gasteiger partial charge on any atom is -0.326 e. The predicted molar refractivity (Wildman–Crippen MR) is 98.4 cm³/mol. The van der Waals surface area contributed by atoms with Gasteiger partial charge >= 0.3 is 6.18 Å². The number of hydrogen-bond acceptors (Lipinski definition) is 3. The third kappa shape index (κ3) is 4.54. The third-order valence-corrected chi connectivity index (χ3v) is 4.33. The van der Waals surface area contributed by atoms with Crippen molar-refractivity contribution in [2.75, 3.05) is 5.32 Å². The molecule has 0 bridgehead atoms. The van der Waals surface area contributed by atoms with Crippen molar-refractivity contribution in [2.24, 2.45) is 0 Å². The number of aromatic nitrogens is 2. The van der Waals surface area contributed by atoms with Gasteiger partial charge in [0.05, 0.1) is 22.8 Å². The molecular weight excluding hydrogens is 427 g/mol.